The van der Waals surface area contributed by atoms with E-state index >= 15 is 0 Å². The number of fused-ring (bicyclic) bond motifs is 1. The van der Waals surface area contributed by atoms with Gasteiger partial charge in [-0.25, -0.2) is 0 Å². The highest BCUT2D eigenvalue weighted by Gasteiger charge is 2.49. The Morgan fingerprint density at radius 2 is 1.83 bits per heavy atom. The van der Waals surface area contributed by atoms with Crippen LogP contribution in [-0.4, -0.2) is 11.2 Å². The van der Waals surface area contributed by atoms with Crippen LogP contribution in [0.3, 0.4) is 0 Å². The summed E-state index contributed by atoms with van der Waals surface area (Å²) in [4.78, 5) is 0. The first-order valence-corrected chi connectivity index (χ1v) is 12.2. The standard InChI is InChI=1S/C28H44O/c1-19(2)20(3)9-10-22(5)26-15-16-27-23(8-7-17-28(26,27)6)12-13-24-18-25(29)14-11-21(24)4/h8-10,12-13,19-20,22,25-27,29H,7,11,14-18H2,1-6H3/b10-9+,13-12+/t20-,22-,25+,26-,27+,28+/m1/s1. The molecule has 0 unspecified atom stereocenters. The molecule has 6 atom stereocenters. The molecule has 3 aliphatic carbocycles. The SMILES string of the molecule is CC1=C(/C=C/C2=CCC[C@@]3(C)[C@@H]([C@H](C)/C=C/[C@@H](C)C(C)C)CC[C@@H]23)C[C@@H](O)CC1. The van der Waals surface area contributed by atoms with Crippen molar-refractivity contribution in [2.45, 2.75) is 92.6 Å². The molecular formula is C28H44O. The van der Waals surface area contributed by atoms with Gasteiger partial charge in [0.05, 0.1) is 6.10 Å². The van der Waals surface area contributed by atoms with Gasteiger partial charge in [0.25, 0.3) is 0 Å². The van der Waals surface area contributed by atoms with E-state index in [9.17, 15) is 5.11 Å². The maximum atomic E-state index is 10.1. The third kappa shape index (κ3) is 4.98. The van der Waals surface area contributed by atoms with Crippen molar-refractivity contribution >= 4 is 0 Å². The first kappa shape index (κ1) is 22.6. The number of hydrogen-bond donors (Lipinski definition) is 1. The third-order valence-electron chi connectivity index (χ3n) is 8.61. The van der Waals surface area contributed by atoms with Gasteiger partial charge < -0.3 is 5.11 Å². The fraction of sp³-hybridized carbons (Fsp3) is 0.714. The number of aliphatic hydroxyl groups is 1. The first-order valence-electron chi connectivity index (χ1n) is 12.2. The van der Waals surface area contributed by atoms with E-state index in [1.54, 1.807) is 5.57 Å². The second kappa shape index (κ2) is 9.38. The Labute approximate surface area is 180 Å². The highest BCUT2D eigenvalue weighted by molar-refractivity contribution is 5.36. The summed E-state index contributed by atoms with van der Waals surface area (Å²) in [5, 5.41) is 10.1. The van der Waals surface area contributed by atoms with Gasteiger partial charge in [-0.05, 0) is 98.0 Å². The Bertz CT molecular complexity index is 691. The van der Waals surface area contributed by atoms with Gasteiger partial charge in [-0.2, -0.15) is 0 Å². The maximum absolute atomic E-state index is 10.1. The van der Waals surface area contributed by atoms with Crippen LogP contribution < -0.4 is 0 Å². The van der Waals surface area contributed by atoms with E-state index in [0.29, 0.717) is 23.2 Å². The van der Waals surface area contributed by atoms with Crippen molar-refractivity contribution in [1.82, 2.24) is 0 Å². The summed E-state index contributed by atoms with van der Waals surface area (Å²) < 4.78 is 0. The van der Waals surface area contributed by atoms with Crippen molar-refractivity contribution in [3.63, 3.8) is 0 Å². The molecule has 1 saturated carbocycles. The number of aliphatic hydroxyl groups excluding tert-OH is 1. The first-order chi connectivity index (χ1) is 13.7. The monoisotopic (exact) mass is 396 g/mol. The van der Waals surface area contributed by atoms with E-state index in [2.05, 4.69) is 71.9 Å². The average molecular weight is 397 g/mol. The van der Waals surface area contributed by atoms with E-state index in [1.165, 1.54) is 36.8 Å². The van der Waals surface area contributed by atoms with Gasteiger partial charge in [-0.15, -0.1) is 0 Å². The van der Waals surface area contributed by atoms with E-state index in [1.807, 2.05) is 0 Å². The highest BCUT2D eigenvalue weighted by atomic mass is 16.3. The lowest BCUT2D eigenvalue weighted by atomic mass is 9.62. The van der Waals surface area contributed by atoms with Crippen LogP contribution >= 0.6 is 0 Å². The normalized spacial score (nSPS) is 35.4. The molecule has 0 bridgehead atoms. The second-order valence-electron chi connectivity index (χ2n) is 10.9. The Morgan fingerprint density at radius 3 is 2.55 bits per heavy atom. The third-order valence-corrected chi connectivity index (χ3v) is 8.61. The molecule has 0 amide bonds. The van der Waals surface area contributed by atoms with Gasteiger partial charge in [0.1, 0.15) is 0 Å². The van der Waals surface area contributed by atoms with E-state index in [0.717, 1.165) is 31.1 Å². The molecular weight excluding hydrogens is 352 g/mol. The number of rotatable bonds is 6. The molecule has 0 radical (unpaired) electrons. The summed E-state index contributed by atoms with van der Waals surface area (Å²) >= 11 is 0. The summed E-state index contributed by atoms with van der Waals surface area (Å²) in [7, 11) is 0. The van der Waals surface area contributed by atoms with Gasteiger partial charge in [-0.1, -0.05) is 70.6 Å². The van der Waals surface area contributed by atoms with Crippen molar-refractivity contribution in [3.05, 3.63) is 47.1 Å². The van der Waals surface area contributed by atoms with Crippen LogP contribution in [-0.2, 0) is 0 Å². The van der Waals surface area contributed by atoms with E-state index < -0.39 is 0 Å². The molecule has 3 aliphatic rings. The molecule has 0 spiro atoms. The smallest absolute Gasteiger partial charge is 0.0583 e. The Hall–Kier alpha value is -1.08. The fourth-order valence-electron chi connectivity index (χ4n) is 6.10. The molecule has 0 aromatic carbocycles. The van der Waals surface area contributed by atoms with Crippen molar-refractivity contribution in [1.29, 1.82) is 0 Å². The highest BCUT2D eigenvalue weighted by Crippen LogP contribution is 2.58. The summed E-state index contributed by atoms with van der Waals surface area (Å²) in [5.41, 5.74) is 4.82. The van der Waals surface area contributed by atoms with Gasteiger partial charge in [0, 0.05) is 0 Å². The summed E-state index contributed by atoms with van der Waals surface area (Å²) in [5.74, 6) is 3.53. The lowest BCUT2D eigenvalue weighted by Gasteiger charge is -2.42. The minimum atomic E-state index is -0.152. The molecule has 1 N–H and O–H groups in total. The van der Waals surface area contributed by atoms with Crippen molar-refractivity contribution in [2.24, 2.45) is 35.0 Å². The van der Waals surface area contributed by atoms with Crippen LogP contribution in [0.1, 0.15) is 86.5 Å². The quantitative estimate of drug-likeness (QED) is 0.457. The van der Waals surface area contributed by atoms with Crippen molar-refractivity contribution < 1.29 is 5.11 Å². The van der Waals surface area contributed by atoms with Crippen LogP contribution in [0, 0.1) is 35.0 Å². The molecule has 1 fully saturated rings. The topological polar surface area (TPSA) is 20.2 Å². The molecule has 0 aromatic rings. The second-order valence-corrected chi connectivity index (χ2v) is 10.9. The van der Waals surface area contributed by atoms with Gasteiger partial charge >= 0.3 is 0 Å². The zero-order valence-corrected chi connectivity index (χ0v) is 19.7. The molecule has 1 nitrogen and oxygen atoms in total. The van der Waals surface area contributed by atoms with Crippen LogP contribution in [0.5, 0.6) is 0 Å². The zero-order valence-electron chi connectivity index (χ0n) is 19.7. The van der Waals surface area contributed by atoms with Gasteiger partial charge in [-0.3, -0.25) is 0 Å². The molecule has 1 heteroatoms. The minimum absolute atomic E-state index is 0.152. The molecule has 3 rings (SSSR count). The molecule has 0 aliphatic heterocycles. The number of hydrogen-bond acceptors (Lipinski definition) is 1. The minimum Gasteiger partial charge on any atom is -0.393 e. The predicted octanol–water partition coefficient (Wildman–Crippen LogP) is 7.64. The Morgan fingerprint density at radius 1 is 1.07 bits per heavy atom. The summed E-state index contributed by atoms with van der Waals surface area (Å²) in [6.45, 7) is 14.2. The van der Waals surface area contributed by atoms with Crippen LogP contribution in [0.15, 0.2) is 47.1 Å². The lowest BCUT2D eigenvalue weighted by molar-refractivity contribution is 0.129. The van der Waals surface area contributed by atoms with Crippen molar-refractivity contribution in [2.75, 3.05) is 0 Å². The van der Waals surface area contributed by atoms with Crippen LogP contribution in [0.4, 0.5) is 0 Å². The van der Waals surface area contributed by atoms with E-state index in [4.69, 9.17) is 0 Å². The van der Waals surface area contributed by atoms with E-state index in [-0.39, 0.29) is 6.10 Å². The maximum Gasteiger partial charge on any atom is 0.0583 e. The summed E-state index contributed by atoms with van der Waals surface area (Å²) in [6, 6.07) is 0. The molecule has 0 aromatic heterocycles. The van der Waals surface area contributed by atoms with Crippen LogP contribution in [0.2, 0.25) is 0 Å². The molecule has 0 saturated heterocycles. The average Bonchev–Trinajstić information content (AvgIpc) is 3.04. The van der Waals surface area contributed by atoms with Crippen LogP contribution in [0.25, 0.3) is 0 Å². The number of allylic oxidation sites excluding steroid dienone is 7. The zero-order chi connectivity index (χ0) is 21.2. The molecule has 0 heterocycles. The predicted molar refractivity (Wildman–Crippen MR) is 126 cm³/mol. The van der Waals surface area contributed by atoms with Gasteiger partial charge in [0.15, 0.2) is 0 Å². The lowest BCUT2D eigenvalue weighted by Crippen LogP contribution is -2.34. The largest absolute Gasteiger partial charge is 0.393 e. The molecule has 162 valence electrons. The molecule has 29 heavy (non-hydrogen) atoms. The van der Waals surface area contributed by atoms with Crippen molar-refractivity contribution in [3.8, 4) is 0 Å². The Balaban J connectivity index is 1.73. The van der Waals surface area contributed by atoms with Gasteiger partial charge in [0.2, 0.25) is 0 Å². The summed E-state index contributed by atoms with van der Waals surface area (Å²) in [6.07, 6.45) is 20.1. The Kier molecular flexibility index (Phi) is 7.31. The fourth-order valence-corrected chi connectivity index (χ4v) is 6.10.